The molecule has 2 rings (SSSR count). The topological polar surface area (TPSA) is 64.6 Å². The lowest BCUT2D eigenvalue weighted by molar-refractivity contribution is -0.113. The van der Waals surface area contributed by atoms with Crippen LogP contribution in [0.5, 0.6) is 5.75 Å². The molecule has 1 aromatic carbocycles. The van der Waals surface area contributed by atoms with Gasteiger partial charge in [0.05, 0.1) is 0 Å². The molecule has 0 radical (unpaired) electrons. The number of aldehydes is 1. The van der Waals surface area contributed by atoms with E-state index in [1.54, 1.807) is 27.7 Å². The number of rotatable bonds is 3. The zero-order chi connectivity index (χ0) is 18.2. The molecule has 24 heavy (non-hydrogen) atoms. The lowest BCUT2D eigenvalue weighted by atomic mass is 9.88. The maximum Gasteiger partial charge on any atom is 0.408 e. The second kappa shape index (κ2) is 6.11. The first kappa shape index (κ1) is 18.3. The first-order chi connectivity index (χ1) is 10.9. The minimum absolute atomic E-state index is 0.183. The van der Waals surface area contributed by atoms with Gasteiger partial charge < -0.3 is 19.6 Å². The smallest absolute Gasteiger partial charge is 0.408 e. The Hall–Kier alpha value is -2.04. The third kappa shape index (κ3) is 4.28. The van der Waals surface area contributed by atoms with Crippen LogP contribution in [-0.4, -0.2) is 23.6 Å². The first-order valence-corrected chi connectivity index (χ1v) is 8.24. The molecule has 1 heterocycles. The van der Waals surface area contributed by atoms with E-state index in [1.807, 2.05) is 18.2 Å². The van der Waals surface area contributed by atoms with Crippen molar-refractivity contribution in [2.24, 2.45) is 0 Å². The number of aryl methyl sites for hydroxylation is 1. The molecular formula is C19H27NO4. The average molecular weight is 333 g/mol. The van der Waals surface area contributed by atoms with Gasteiger partial charge in [0.25, 0.3) is 0 Å². The van der Waals surface area contributed by atoms with Crippen molar-refractivity contribution >= 4 is 12.4 Å². The SMILES string of the molecule is CC(C)(C)OC(=O)NC(C)(C=O)c1ccc2c(c1)CCC(C)(C)O2. The normalized spacial score (nSPS) is 18.6. The molecule has 132 valence electrons. The molecule has 1 aromatic rings. The van der Waals surface area contributed by atoms with Crippen LogP contribution in [0.1, 0.15) is 59.1 Å². The third-order valence-electron chi connectivity index (χ3n) is 4.04. The van der Waals surface area contributed by atoms with Gasteiger partial charge in [0.1, 0.15) is 28.8 Å². The van der Waals surface area contributed by atoms with Crippen LogP contribution in [0.3, 0.4) is 0 Å². The van der Waals surface area contributed by atoms with Gasteiger partial charge in [-0.3, -0.25) is 0 Å². The number of hydrogen-bond donors (Lipinski definition) is 1. The van der Waals surface area contributed by atoms with Crippen molar-refractivity contribution in [2.75, 3.05) is 0 Å². The van der Waals surface area contributed by atoms with E-state index in [1.165, 1.54) is 0 Å². The molecule has 1 aliphatic heterocycles. The molecule has 5 heteroatoms. The van der Waals surface area contributed by atoms with E-state index in [0.29, 0.717) is 5.56 Å². The number of ether oxygens (including phenoxy) is 2. The summed E-state index contributed by atoms with van der Waals surface area (Å²) in [6.07, 6.45) is 1.89. The van der Waals surface area contributed by atoms with Gasteiger partial charge in [0.2, 0.25) is 0 Å². The molecule has 0 aliphatic carbocycles. The number of carbonyl (C=O) groups is 2. The van der Waals surface area contributed by atoms with Gasteiger partial charge in [-0.15, -0.1) is 0 Å². The minimum Gasteiger partial charge on any atom is -0.488 e. The molecule has 1 atom stereocenters. The molecule has 0 spiro atoms. The van der Waals surface area contributed by atoms with Crippen molar-refractivity contribution in [1.82, 2.24) is 5.32 Å². The molecule has 0 saturated heterocycles. The highest BCUT2D eigenvalue weighted by atomic mass is 16.6. The number of nitrogens with one attached hydrogen (secondary N) is 1. The van der Waals surface area contributed by atoms with Gasteiger partial charge in [-0.2, -0.15) is 0 Å². The van der Waals surface area contributed by atoms with E-state index in [2.05, 4.69) is 19.2 Å². The van der Waals surface area contributed by atoms with Crippen LogP contribution in [0.4, 0.5) is 4.79 Å². The Kier molecular flexibility index (Phi) is 4.66. The Bertz CT molecular complexity index is 645. The predicted molar refractivity (Wildman–Crippen MR) is 92.3 cm³/mol. The number of hydrogen-bond acceptors (Lipinski definition) is 4. The Morgan fingerprint density at radius 1 is 1.29 bits per heavy atom. The van der Waals surface area contributed by atoms with Gasteiger partial charge >= 0.3 is 6.09 Å². The van der Waals surface area contributed by atoms with Crippen molar-refractivity contribution in [1.29, 1.82) is 0 Å². The summed E-state index contributed by atoms with van der Waals surface area (Å²) in [6, 6.07) is 5.60. The largest absolute Gasteiger partial charge is 0.488 e. The Labute approximate surface area is 143 Å². The fraction of sp³-hybridized carbons (Fsp3) is 0.579. The Morgan fingerprint density at radius 3 is 2.54 bits per heavy atom. The molecule has 1 N–H and O–H groups in total. The van der Waals surface area contributed by atoms with Crippen LogP contribution < -0.4 is 10.1 Å². The standard InChI is InChI=1S/C19H27NO4/c1-17(2,3)24-16(22)20-19(6,12-21)14-7-8-15-13(11-14)9-10-18(4,5)23-15/h7-8,11-12H,9-10H2,1-6H3,(H,20,22). The zero-order valence-corrected chi connectivity index (χ0v) is 15.4. The summed E-state index contributed by atoms with van der Waals surface area (Å²) in [4.78, 5) is 23.8. The summed E-state index contributed by atoms with van der Waals surface area (Å²) < 4.78 is 11.2. The Morgan fingerprint density at radius 2 is 1.96 bits per heavy atom. The highest BCUT2D eigenvalue weighted by molar-refractivity contribution is 5.78. The lowest BCUT2D eigenvalue weighted by Gasteiger charge is -2.34. The molecule has 5 nitrogen and oxygen atoms in total. The van der Waals surface area contributed by atoms with E-state index >= 15 is 0 Å². The van der Waals surface area contributed by atoms with Crippen molar-refractivity contribution in [2.45, 2.75) is 71.1 Å². The Balaban J connectivity index is 2.24. The van der Waals surface area contributed by atoms with Gasteiger partial charge in [0.15, 0.2) is 0 Å². The van der Waals surface area contributed by atoms with E-state index < -0.39 is 17.2 Å². The van der Waals surface area contributed by atoms with E-state index in [0.717, 1.165) is 30.4 Å². The molecule has 0 bridgehead atoms. The molecular weight excluding hydrogens is 306 g/mol. The van der Waals surface area contributed by atoms with Crippen molar-refractivity contribution in [3.05, 3.63) is 29.3 Å². The molecule has 0 aromatic heterocycles. The van der Waals surface area contributed by atoms with E-state index in [9.17, 15) is 9.59 Å². The number of benzene rings is 1. The average Bonchev–Trinajstić information content (AvgIpc) is 2.43. The van der Waals surface area contributed by atoms with Crippen molar-refractivity contribution < 1.29 is 19.1 Å². The lowest BCUT2D eigenvalue weighted by Crippen LogP contribution is -2.47. The molecule has 0 fully saturated rings. The maximum absolute atomic E-state index is 12.1. The van der Waals surface area contributed by atoms with Crippen molar-refractivity contribution in [3.63, 3.8) is 0 Å². The van der Waals surface area contributed by atoms with Gasteiger partial charge in [-0.25, -0.2) is 4.79 Å². The number of fused-ring (bicyclic) bond motifs is 1. The third-order valence-corrected chi connectivity index (χ3v) is 4.04. The second-order valence-electron chi connectivity index (χ2n) is 8.13. The highest BCUT2D eigenvalue weighted by Gasteiger charge is 2.33. The second-order valence-corrected chi connectivity index (χ2v) is 8.13. The van der Waals surface area contributed by atoms with E-state index in [4.69, 9.17) is 9.47 Å². The first-order valence-electron chi connectivity index (χ1n) is 8.24. The summed E-state index contributed by atoms with van der Waals surface area (Å²) in [5, 5.41) is 2.67. The van der Waals surface area contributed by atoms with Crippen LogP contribution in [-0.2, 0) is 21.5 Å². The zero-order valence-electron chi connectivity index (χ0n) is 15.4. The number of alkyl carbamates (subject to hydrolysis) is 1. The number of amides is 1. The number of carbonyl (C=O) groups excluding carboxylic acids is 2. The fourth-order valence-electron chi connectivity index (χ4n) is 2.67. The quantitative estimate of drug-likeness (QED) is 0.856. The van der Waals surface area contributed by atoms with Crippen LogP contribution in [0.2, 0.25) is 0 Å². The highest BCUT2D eigenvalue weighted by Crippen LogP contribution is 2.35. The summed E-state index contributed by atoms with van der Waals surface area (Å²) in [7, 11) is 0. The predicted octanol–water partition coefficient (Wildman–Crippen LogP) is 3.73. The summed E-state index contributed by atoms with van der Waals surface area (Å²) in [6.45, 7) is 11.1. The maximum atomic E-state index is 12.1. The fourth-order valence-corrected chi connectivity index (χ4v) is 2.67. The monoisotopic (exact) mass is 333 g/mol. The molecule has 1 unspecified atom stereocenters. The molecule has 0 saturated carbocycles. The van der Waals surface area contributed by atoms with Crippen LogP contribution in [0.25, 0.3) is 0 Å². The van der Waals surface area contributed by atoms with Crippen LogP contribution in [0.15, 0.2) is 18.2 Å². The van der Waals surface area contributed by atoms with Gasteiger partial charge in [-0.1, -0.05) is 6.07 Å². The van der Waals surface area contributed by atoms with Gasteiger partial charge in [-0.05, 0) is 77.6 Å². The van der Waals surface area contributed by atoms with Crippen molar-refractivity contribution in [3.8, 4) is 5.75 Å². The van der Waals surface area contributed by atoms with Crippen LogP contribution in [0, 0.1) is 0 Å². The molecule has 1 aliphatic rings. The molecule has 1 amide bonds. The van der Waals surface area contributed by atoms with Gasteiger partial charge in [0, 0.05) is 0 Å². The van der Waals surface area contributed by atoms with Crippen LogP contribution >= 0.6 is 0 Å². The summed E-state index contributed by atoms with van der Waals surface area (Å²) in [5.41, 5.74) is -0.193. The minimum atomic E-state index is -1.15. The summed E-state index contributed by atoms with van der Waals surface area (Å²) in [5.74, 6) is 0.834. The summed E-state index contributed by atoms with van der Waals surface area (Å²) >= 11 is 0. The van der Waals surface area contributed by atoms with E-state index in [-0.39, 0.29) is 5.60 Å².